The van der Waals surface area contributed by atoms with Crippen molar-refractivity contribution in [3.8, 4) is 0 Å². The number of nitro groups is 2. The molecule has 0 unspecified atom stereocenters. The van der Waals surface area contributed by atoms with Crippen molar-refractivity contribution in [3.05, 3.63) is 222 Å². The molecular weight excluding hydrogens is 889 g/mol. The van der Waals surface area contributed by atoms with E-state index in [4.69, 9.17) is 18.3 Å². The molecule has 0 saturated carbocycles. The standard InChI is InChI=1S/C56H46N4O10/c1-7-67-47(31-39(35-17-23-41(24-18-35)59(63)64)29-43-27-21-37-13-9-11-15-45(37)57(43)5)49-33(3)69-55-51(49)53(61)56-52(54(55)62)50(34(4)70-56)48(68-8-2)32-40(36-19-25-42(26-20-36)60(65)66)30-44-28-22-38-14-10-12-16-46(38)58(44)6/h9-32H,7-8H2,1-6H3/q+2/b39-29+,40-30+,47-31-,48-32-. The number of nitrogens with zero attached hydrogens (tertiary/aromatic N) is 4. The molecule has 0 atom stereocenters. The highest BCUT2D eigenvalue weighted by atomic mass is 16.6. The van der Waals surface area contributed by atoms with Crippen LogP contribution in [0, 0.1) is 34.1 Å². The number of carbonyl (C=O) groups is 2. The summed E-state index contributed by atoms with van der Waals surface area (Å²) < 4.78 is 29.2. The first-order valence-electron chi connectivity index (χ1n) is 22.5. The van der Waals surface area contributed by atoms with E-state index < -0.39 is 21.4 Å². The van der Waals surface area contributed by atoms with Crippen LogP contribution in [0.1, 0.15) is 91.2 Å². The zero-order valence-electron chi connectivity index (χ0n) is 39.1. The van der Waals surface area contributed by atoms with Crippen molar-refractivity contribution < 1.29 is 46.9 Å². The Bertz CT molecular complexity index is 3350. The van der Waals surface area contributed by atoms with Crippen LogP contribution in [0.5, 0.6) is 0 Å². The number of hydrogen-bond acceptors (Lipinski definition) is 10. The molecule has 0 fully saturated rings. The second-order valence-corrected chi connectivity index (χ2v) is 16.6. The first kappa shape index (κ1) is 46.1. The molecule has 4 aromatic heterocycles. The highest BCUT2D eigenvalue weighted by Crippen LogP contribution is 2.43. The summed E-state index contributed by atoms with van der Waals surface area (Å²) in [4.78, 5) is 52.4. The van der Waals surface area contributed by atoms with E-state index in [0.29, 0.717) is 22.3 Å². The van der Waals surface area contributed by atoms with Gasteiger partial charge in [0.05, 0.1) is 45.3 Å². The van der Waals surface area contributed by atoms with Gasteiger partial charge >= 0.3 is 0 Å². The zero-order chi connectivity index (χ0) is 49.4. The van der Waals surface area contributed by atoms with E-state index in [-0.39, 0.29) is 81.4 Å². The smallest absolute Gasteiger partial charge is 0.269 e. The summed E-state index contributed by atoms with van der Waals surface area (Å²) in [7, 11) is 3.88. The van der Waals surface area contributed by atoms with E-state index in [0.717, 1.165) is 33.2 Å². The van der Waals surface area contributed by atoms with E-state index >= 15 is 0 Å². The van der Waals surface area contributed by atoms with Gasteiger partial charge in [0.1, 0.15) is 37.1 Å². The number of benzene rings is 4. The average molecular weight is 935 g/mol. The van der Waals surface area contributed by atoms with Crippen molar-refractivity contribution in [1.29, 1.82) is 0 Å². The second kappa shape index (κ2) is 18.9. The van der Waals surface area contributed by atoms with E-state index in [2.05, 4.69) is 0 Å². The number of para-hydroxylation sites is 2. The summed E-state index contributed by atoms with van der Waals surface area (Å²) in [5, 5.41) is 25.4. The highest BCUT2D eigenvalue weighted by molar-refractivity contribution is 6.29. The lowest BCUT2D eigenvalue weighted by Gasteiger charge is -2.15. The van der Waals surface area contributed by atoms with Crippen molar-refractivity contribution in [1.82, 2.24) is 0 Å². The Balaban J connectivity index is 1.18. The number of ether oxygens (including phenoxy) is 2. The quantitative estimate of drug-likeness (QED) is 0.0336. The Morgan fingerprint density at radius 1 is 0.557 bits per heavy atom. The lowest BCUT2D eigenvalue weighted by Crippen LogP contribution is -2.32. The number of non-ortho nitro benzene ring substituents is 2. The number of nitro benzene ring substituents is 2. The lowest BCUT2D eigenvalue weighted by atomic mass is 9.87. The molecule has 14 heteroatoms. The summed E-state index contributed by atoms with van der Waals surface area (Å²) in [6.07, 6.45) is 7.31. The molecule has 14 nitrogen and oxygen atoms in total. The van der Waals surface area contributed by atoms with Crippen LogP contribution in [0.15, 0.2) is 142 Å². The molecule has 0 aliphatic heterocycles. The summed E-state index contributed by atoms with van der Waals surface area (Å²) in [5.41, 5.74) is 6.23. The molecule has 0 spiro atoms. The third-order valence-corrected chi connectivity index (χ3v) is 12.4. The first-order chi connectivity index (χ1) is 33.8. The Hall–Kier alpha value is -9.04. The molecule has 8 aromatic rings. The van der Waals surface area contributed by atoms with Crippen LogP contribution in [0.4, 0.5) is 11.4 Å². The van der Waals surface area contributed by atoms with Gasteiger partial charge in [0.15, 0.2) is 11.5 Å². The summed E-state index contributed by atoms with van der Waals surface area (Å²) >= 11 is 0. The normalized spacial score (nSPS) is 13.2. The maximum atomic E-state index is 15.0. The number of furan rings is 2. The Kier molecular flexibility index (Phi) is 12.5. The molecule has 0 amide bonds. The van der Waals surface area contributed by atoms with Crippen LogP contribution in [0.2, 0.25) is 0 Å². The monoisotopic (exact) mass is 934 g/mol. The third-order valence-electron chi connectivity index (χ3n) is 12.4. The van der Waals surface area contributed by atoms with Gasteiger partial charge in [0.2, 0.25) is 34.0 Å². The summed E-state index contributed by atoms with van der Waals surface area (Å²) in [5.74, 6) is -0.703. The van der Waals surface area contributed by atoms with Crippen molar-refractivity contribution in [2.45, 2.75) is 27.7 Å². The molecule has 1 aliphatic rings. The summed E-state index contributed by atoms with van der Waals surface area (Å²) in [6.45, 7) is 7.22. The Labute approximate surface area is 401 Å². The van der Waals surface area contributed by atoms with Crippen molar-refractivity contribution >= 4 is 79.6 Å². The Morgan fingerprint density at radius 2 is 0.929 bits per heavy atom. The van der Waals surface area contributed by atoms with Crippen LogP contribution in [0.3, 0.4) is 0 Å². The molecule has 0 bridgehead atoms. The molecule has 0 radical (unpaired) electrons. The number of aromatic nitrogens is 2. The number of aryl methyl sites for hydroxylation is 4. The van der Waals surface area contributed by atoms with Crippen molar-refractivity contribution in [2.24, 2.45) is 14.1 Å². The maximum Gasteiger partial charge on any atom is 0.269 e. The SMILES string of the molecule is CCO/C(=C\C(=C/c1ccc2ccccc2[n+]1C)c1ccc([N+](=O)[O-])cc1)c1c(C)oc2c1C(=O)c1oc(C)c(/C(=C/C(=C\c3ccc4ccccc4[n+]3C)c3ccc([N+](=O)[O-])cc3)OCC)c1C2=O. The largest absolute Gasteiger partial charge is 0.493 e. The molecule has 0 N–H and O–H groups in total. The first-order valence-corrected chi connectivity index (χ1v) is 22.5. The maximum absolute atomic E-state index is 15.0. The van der Waals surface area contributed by atoms with Crippen molar-refractivity contribution in [3.63, 3.8) is 0 Å². The van der Waals surface area contributed by atoms with Gasteiger partial charge in [-0.05, 0) is 111 Å². The zero-order valence-corrected chi connectivity index (χ0v) is 39.1. The summed E-state index contributed by atoms with van der Waals surface area (Å²) in [6, 6.07) is 36.1. The molecule has 70 heavy (non-hydrogen) atoms. The van der Waals surface area contributed by atoms with Gasteiger partial charge in [-0.1, -0.05) is 24.3 Å². The molecule has 4 heterocycles. The van der Waals surface area contributed by atoms with Gasteiger partial charge in [-0.25, -0.2) is 0 Å². The Morgan fingerprint density at radius 3 is 1.29 bits per heavy atom. The molecule has 0 saturated heterocycles. The van der Waals surface area contributed by atoms with E-state index in [1.807, 2.05) is 108 Å². The number of fused-ring (bicyclic) bond motifs is 4. The molecular formula is C56H46N4O10+2. The van der Waals surface area contributed by atoms with Crippen LogP contribution < -0.4 is 9.13 Å². The van der Waals surface area contributed by atoms with E-state index in [9.17, 15) is 29.8 Å². The minimum atomic E-state index is -0.608. The van der Waals surface area contributed by atoms with Crippen LogP contribution in [-0.2, 0) is 23.6 Å². The predicted octanol–water partition coefficient (Wildman–Crippen LogP) is 11.3. The fourth-order valence-corrected chi connectivity index (χ4v) is 8.92. The fraction of sp³-hybridized carbons (Fsp3) is 0.143. The van der Waals surface area contributed by atoms with Crippen LogP contribution >= 0.6 is 0 Å². The molecule has 348 valence electrons. The van der Waals surface area contributed by atoms with Crippen LogP contribution in [-0.4, -0.2) is 34.6 Å². The average Bonchev–Trinajstić information content (AvgIpc) is 3.91. The highest BCUT2D eigenvalue weighted by Gasteiger charge is 2.44. The molecule has 9 rings (SSSR count). The van der Waals surface area contributed by atoms with E-state index in [1.165, 1.54) is 24.3 Å². The van der Waals surface area contributed by atoms with Gasteiger partial charge in [-0.3, -0.25) is 29.8 Å². The number of pyridine rings is 2. The minimum Gasteiger partial charge on any atom is -0.493 e. The van der Waals surface area contributed by atoms with Gasteiger partial charge < -0.3 is 18.3 Å². The van der Waals surface area contributed by atoms with Gasteiger partial charge in [0, 0.05) is 71.5 Å². The minimum absolute atomic E-state index is 0.0356. The van der Waals surface area contributed by atoms with Crippen LogP contribution in [0.25, 0.3) is 56.6 Å². The molecule has 1 aliphatic carbocycles. The third kappa shape index (κ3) is 8.47. The lowest BCUT2D eigenvalue weighted by molar-refractivity contribution is -0.646. The predicted molar refractivity (Wildman–Crippen MR) is 265 cm³/mol. The van der Waals surface area contributed by atoms with Gasteiger partial charge in [0.25, 0.3) is 11.4 Å². The number of hydrogen-bond donors (Lipinski definition) is 0. The second-order valence-electron chi connectivity index (χ2n) is 16.6. The fourth-order valence-electron chi connectivity index (χ4n) is 8.92. The number of allylic oxidation sites excluding steroid dienone is 4. The van der Waals surface area contributed by atoms with Gasteiger partial charge in [-0.2, -0.15) is 9.13 Å². The number of rotatable bonds is 14. The number of carbonyl (C=O) groups excluding carboxylic acids is 2. The van der Waals surface area contributed by atoms with E-state index in [1.54, 1.807) is 64.1 Å². The molecule has 4 aromatic carbocycles. The van der Waals surface area contributed by atoms with Crippen molar-refractivity contribution in [2.75, 3.05) is 13.2 Å². The van der Waals surface area contributed by atoms with Gasteiger partial charge in [-0.15, -0.1) is 0 Å². The number of ketones is 2. The topological polar surface area (TPSA) is 173 Å².